The van der Waals surface area contributed by atoms with Crippen LogP contribution in [0.4, 0.5) is 5.82 Å². The van der Waals surface area contributed by atoms with Crippen LogP contribution in [-0.4, -0.2) is 16.2 Å². The first-order valence-electron chi connectivity index (χ1n) is 8.82. The van der Waals surface area contributed by atoms with Crippen molar-refractivity contribution in [3.63, 3.8) is 0 Å². The van der Waals surface area contributed by atoms with Crippen LogP contribution in [0.15, 0.2) is 64.2 Å². The van der Waals surface area contributed by atoms with Gasteiger partial charge < -0.3 is 10.2 Å². The van der Waals surface area contributed by atoms with E-state index in [1.165, 1.54) is 15.0 Å². The molecule has 0 saturated carbocycles. The Hall–Kier alpha value is -2.83. The van der Waals surface area contributed by atoms with Crippen molar-refractivity contribution >= 4 is 17.4 Å². The molecule has 2 aromatic carbocycles. The summed E-state index contributed by atoms with van der Waals surface area (Å²) in [7, 11) is 0. The molecule has 0 saturated heterocycles. The zero-order valence-corrected chi connectivity index (χ0v) is 15.6. The van der Waals surface area contributed by atoms with Gasteiger partial charge in [-0.3, -0.25) is 9.78 Å². The van der Waals surface area contributed by atoms with Gasteiger partial charge in [0.25, 0.3) is 5.56 Å². The molecule has 27 heavy (non-hydrogen) atoms. The fraction of sp³-hybridized carbons (Fsp3) is 0.200. The van der Waals surface area contributed by atoms with E-state index >= 15 is 0 Å². The predicted molar refractivity (Wildman–Crippen MR) is 106 cm³/mol. The van der Waals surface area contributed by atoms with Crippen LogP contribution >= 0.6 is 11.6 Å². The first-order valence-corrected chi connectivity index (χ1v) is 9.20. The average Bonchev–Trinajstić information content (AvgIpc) is 2.68. The van der Waals surface area contributed by atoms with Crippen molar-refractivity contribution in [2.24, 2.45) is 0 Å². The van der Waals surface area contributed by atoms with Gasteiger partial charge in [0.15, 0.2) is 6.67 Å². The average molecular weight is 384 g/mol. The molecule has 0 spiro atoms. The second kappa shape index (κ2) is 7.06. The van der Waals surface area contributed by atoms with Crippen LogP contribution in [-0.2, 0) is 6.54 Å². The Labute approximate surface area is 161 Å². The van der Waals surface area contributed by atoms with Crippen LogP contribution in [0.3, 0.4) is 0 Å². The van der Waals surface area contributed by atoms with Crippen LogP contribution < -0.4 is 21.5 Å². The van der Waals surface area contributed by atoms with Gasteiger partial charge in [0, 0.05) is 10.6 Å². The highest BCUT2D eigenvalue weighted by Crippen LogP contribution is 2.20. The Balaban J connectivity index is 1.76. The summed E-state index contributed by atoms with van der Waals surface area (Å²) < 4.78 is 1.48. The van der Waals surface area contributed by atoms with Crippen LogP contribution in [0, 0.1) is 0 Å². The molecule has 1 aromatic heterocycles. The molecule has 138 valence electrons. The fourth-order valence-corrected chi connectivity index (χ4v) is 3.74. The molecular formula is C20H20ClN4O2+. The van der Waals surface area contributed by atoms with Gasteiger partial charge in [-0.2, -0.15) is 0 Å². The third-order valence-electron chi connectivity index (χ3n) is 5.07. The molecule has 3 N–H and O–H groups in total. The number of hydrogen-bond donors (Lipinski definition) is 3. The summed E-state index contributed by atoms with van der Waals surface area (Å²) in [5, 5.41) is 3.82. The number of nitrogens with zero attached hydrogens (tertiary/aromatic N) is 1. The van der Waals surface area contributed by atoms with Crippen molar-refractivity contribution in [1.82, 2.24) is 9.55 Å². The molecule has 0 fully saturated rings. The SMILES string of the molecule is C[C@H](c1ccccc1)[NH+]1CNc2c(c(=O)[nH]c(=O)n2-c2cccc(Cl)c2)C1. The topological polar surface area (TPSA) is 71.3 Å². The lowest BCUT2D eigenvalue weighted by molar-refractivity contribution is -0.941. The van der Waals surface area contributed by atoms with Crippen molar-refractivity contribution in [2.75, 3.05) is 12.0 Å². The second-order valence-corrected chi connectivity index (χ2v) is 7.16. The number of aromatic amines is 1. The summed E-state index contributed by atoms with van der Waals surface area (Å²) >= 11 is 6.08. The van der Waals surface area contributed by atoms with Gasteiger partial charge >= 0.3 is 5.69 Å². The largest absolute Gasteiger partial charge is 0.334 e. The highest BCUT2D eigenvalue weighted by molar-refractivity contribution is 6.30. The zero-order chi connectivity index (χ0) is 19.0. The van der Waals surface area contributed by atoms with Gasteiger partial charge in [-0.25, -0.2) is 9.36 Å². The number of benzene rings is 2. The Morgan fingerprint density at radius 1 is 1.11 bits per heavy atom. The van der Waals surface area contributed by atoms with Crippen molar-refractivity contribution in [3.05, 3.63) is 91.6 Å². The van der Waals surface area contributed by atoms with Crippen molar-refractivity contribution in [2.45, 2.75) is 19.5 Å². The summed E-state index contributed by atoms with van der Waals surface area (Å²) in [6.07, 6.45) is 0. The molecule has 3 aromatic rings. The summed E-state index contributed by atoms with van der Waals surface area (Å²) in [5.41, 5.74) is 1.56. The van der Waals surface area contributed by atoms with Gasteiger partial charge in [0.05, 0.1) is 5.69 Å². The normalized spacial score (nSPS) is 17.0. The van der Waals surface area contributed by atoms with Crippen LogP contribution in [0.1, 0.15) is 24.1 Å². The summed E-state index contributed by atoms with van der Waals surface area (Å²) in [6, 6.07) is 17.4. The second-order valence-electron chi connectivity index (χ2n) is 6.72. The minimum atomic E-state index is -0.479. The van der Waals surface area contributed by atoms with E-state index in [0.717, 1.165) is 0 Å². The highest BCUT2D eigenvalue weighted by atomic mass is 35.5. The summed E-state index contributed by atoms with van der Waals surface area (Å²) in [5.74, 6) is 0.537. The lowest BCUT2D eigenvalue weighted by Gasteiger charge is -2.32. The van der Waals surface area contributed by atoms with E-state index < -0.39 is 5.69 Å². The van der Waals surface area contributed by atoms with E-state index in [-0.39, 0.29) is 11.6 Å². The predicted octanol–water partition coefficient (Wildman–Crippen LogP) is 1.71. The molecule has 0 radical (unpaired) electrons. The molecule has 0 amide bonds. The lowest BCUT2D eigenvalue weighted by Crippen LogP contribution is -3.12. The fourth-order valence-electron chi connectivity index (χ4n) is 3.55. The molecule has 7 heteroatoms. The summed E-state index contributed by atoms with van der Waals surface area (Å²) in [6.45, 7) is 3.26. The Kier molecular flexibility index (Phi) is 4.59. The van der Waals surface area contributed by atoms with Crippen LogP contribution in [0.5, 0.6) is 0 Å². The Morgan fingerprint density at radius 3 is 2.63 bits per heavy atom. The Morgan fingerprint density at radius 2 is 1.89 bits per heavy atom. The first-order chi connectivity index (χ1) is 13.0. The quantitative estimate of drug-likeness (QED) is 0.644. The number of aromatic nitrogens is 2. The molecule has 4 rings (SSSR count). The third kappa shape index (κ3) is 3.29. The number of rotatable bonds is 3. The van der Waals surface area contributed by atoms with Crippen molar-refractivity contribution in [1.29, 1.82) is 0 Å². The number of anilines is 1. The lowest BCUT2D eigenvalue weighted by atomic mass is 10.1. The number of hydrogen-bond acceptors (Lipinski definition) is 3. The van der Waals surface area contributed by atoms with Crippen molar-refractivity contribution < 1.29 is 4.90 Å². The molecular weight excluding hydrogens is 364 g/mol. The van der Waals surface area contributed by atoms with E-state index in [0.29, 0.717) is 35.3 Å². The summed E-state index contributed by atoms with van der Waals surface area (Å²) in [4.78, 5) is 28.6. The number of quaternary nitrogens is 1. The maximum Gasteiger partial charge on any atom is 0.334 e. The maximum atomic E-state index is 12.5. The third-order valence-corrected chi connectivity index (χ3v) is 5.31. The number of halogens is 1. The maximum absolute atomic E-state index is 12.5. The van der Waals surface area contributed by atoms with E-state index in [1.807, 2.05) is 18.2 Å². The van der Waals surface area contributed by atoms with Crippen molar-refractivity contribution in [3.8, 4) is 5.69 Å². The number of nitrogens with one attached hydrogen (secondary N) is 3. The van der Waals surface area contributed by atoms with Gasteiger partial charge in [-0.1, -0.05) is 48.0 Å². The monoisotopic (exact) mass is 383 g/mol. The highest BCUT2D eigenvalue weighted by Gasteiger charge is 2.29. The number of fused-ring (bicyclic) bond motifs is 1. The van der Waals surface area contributed by atoms with Gasteiger partial charge in [-0.05, 0) is 25.1 Å². The molecule has 6 nitrogen and oxygen atoms in total. The minimum absolute atomic E-state index is 0.206. The Bertz CT molecular complexity index is 1090. The van der Waals surface area contributed by atoms with E-state index in [2.05, 4.69) is 29.4 Å². The molecule has 2 heterocycles. The van der Waals surface area contributed by atoms with Gasteiger partial charge in [0.1, 0.15) is 24.0 Å². The zero-order valence-electron chi connectivity index (χ0n) is 14.8. The first kappa shape index (κ1) is 17.6. The van der Waals surface area contributed by atoms with Gasteiger partial charge in [-0.15, -0.1) is 0 Å². The van der Waals surface area contributed by atoms with Gasteiger partial charge in [0.2, 0.25) is 0 Å². The molecule has 0 bridgehead atoms. The smallest absolute Gasteiger partial charge is 0.324 e. The van der Waals surface area contributed by atoms with E-state index in [1.54, 1.807) is 24.3 Å². The van der Waals surface area contributed by atoms with Crippen LogP contribution in [0.25, 0.3) is 5.69 Å². The number of H-pyrrole nitrogens is 1. The molecule has 1 unspecified atom stereocenters. The van der Waals surface area contributed by atoms with E-state index in [4.69, 9.17) is 11.6 Å². The molecule has 0 aliphatic carbocycles. The molecule has 1 aliphatic heterocycles. The van der Waals surface area contributed by atoms with Crippen LogP contribution in [0.2, 0.25) is 5.02 Å². The minimum Gasteiger partial charge on any atom is -0.324 e. The molecule has 1 aliphatic rings. The molecule has 2 atom stereocenters. The standard InChI is InChI=1S/C20H19ClN4O2/c1-13(14-6-3-2-4-7-14)24-11-17-18(22-12-24)25(20(27)23-19(17)26)16-9-5-8-15(21)10-16/h2-10,13,22H,11-12H2,1H3,(H,23,26,27)/p+1/t13-/m1/s1. The van der Waals surface area contributed by atoms with E-state index in [9.17, 15) is 9.59 Å².